The molecule has 196 valence electrons. The summed E-state index contributed by atoms with van der Waals surface area (Å²) in [6, 6.07) is 7.87. The minimum Gasteiger partial charge on any atom is -0.383 e. The molecule has 2 atom stereocenters. The third kappa shape index (κ3) is 5.76. The molecular weight excluding hydrogens is 488 g/mol. The third-order valence-corrected chi connectivity index (χ3v) is 8.24. The summed E-state index contributed by atoms with van der Waals surface area (Å²) in [5.74, 6) is -0.434. The van der Waals surface area contributed by atoms with Crippen molar-refractivity contribution in [3.63, 3.8) is 0 Å². The van der Waals surface area contributed by atoms with Gasteiger partial charge in [0.05, 0.1) is 47.9 Å². The number of hydrogen-bond acceptors (Lipinski definition) is 8. The first-order valence-electron chi connectivity index (χ1n) is 13.0. The number of likely N-dealkylation sites (tertiary alicyclic amines) is 1. The number of morpholine rings is 1. The van der Waals surface area contributed by atoms with Crippen LogP contribution in [0.3, 0.4) is 0 Å². The van der Waals surface area contributed by atoms with E-state index in [0.717, 1.165) is 72.0 Å². The van der Waals surface area contributed by atoms with Gasteiger partial charge in [-0.25, -0.2) is 9.97 Å². The maximum atomic E-state index is 13.4. The second-order valence-electron chi connectivity index (χ2n) is 9.96. The lowest BCUT2D eigenvalue weighted by Crippen LogP contribution is -2.46. The Bertz CT molecular complexity index is 1290. The number of rotatable bonds is 5. The van der Waals surface area contributed by atoms with Crippen LogP contribution in [0, 0.1) is 5.92 Å². The van der Waals surface area contributed by atoms with E-state index in [2.05, 4.69) is 40.3 Å². The summed E-state index contributed by atoms with van der Waals surface area (Å²) in [4.78, 5) is 39.5. The molecule has 10 heteroatoms. The van der Waals surface area contributed by atoms with Crippen LogP contribution in [0.5, 0.6) is 0 Å². The average molecular weight is 523 g/mol. The molecule has 2 saturated heterocycles. The number of thiazole rings is 1. The molecule has 4 heterocycles. The molecule has 0 unspecified atom stereocenters. The molecular formula is C27H34N6O3S. The summed E-state index contributed by atoms with van der Waals surface area (Å²) in [5, 5.41) is 3.81. The number of aryl methyl sites for hydroxylation is 1. The molecule has 2 aliphatic rings. The second kappa shape index (κ2) is 11.1. The first kappa shape index (κ1) is 25.6. The minimum atomic E-state index is -0.657. The van der Waals surface area contributed by atoms with Crippen molar-refractivity contribution in [3.8, 4) is 0 Å². The molecule has 0 saturated carbocycles. The zero-order valence-corrected chi connectivity index (χ0v) is 22.2. The van der Waals surface area contributed by atoms with Crippen LogP contribution in [0.1, 0.15) is 48.9 Å². The molecule has 3 N–H and O–H groups in total. The van der Waals surface area contributed by atoms with Gasteiger partial charge in [0.25, 0.3) is 0 Å². The lowest BCUT2D eigenvalue weighted by molar-refractivity contribution is -0.146. The van der Waals surface area contributed by atoms with Gasteiger partial charge in [-0.15, -0.1) is 11.3 Å². The van der Waals surface area contributed by atoms with Crippen molar-refractivity contribution < 1.29 is 14.3 Å². The van der Waals surface area contributed by atoms with Gasteiger partial charge in [-0.2, -0.15) is 0 Å². The molecule has 0 aliphatic carbocycles. The van der Waals surface area contributed by atoms with Crippen molar-refractivity contribution in [1.29, 1.82) is 0 Å². The van der Waals surface area contributed by atoms with E-state index in [1.807, 2.05) is 6.92 Å². The highest BCUT2D eigenvalue weighted by Gasteiger charge is 2.34. The number of nitrogens with two attached hydrogens (primary N) is 1. The number of nitrogens with one attached hydrogen (secondary N) is 1. The Labute approximate surface area is 221 Å². The molecule has 2 amide bonds. The Morgan fingerprint density at radius 2 is 2.03 bits per heavy atom. The van der Waals surface area contributed by atoms with Gasteiger partial charge >= 0.3 is 11.8 Å². The molecule has 2 fully saturated rings. The van der Waals surface area contributed by atoms with Crippen LogP contribution in [0.4, 0.5) is 11.5 Å². The number of fused-ring (bicyclic) bond motifs is 1. The molecule has 2 aliphatic heterocycles. The quantitative estimate of drug-likeness (QED) is 0.492. The van der Waals surface area contributed by atoms with Crippen molar-refractivity contribution in [1.82, 2.24) is 19.8 Å². The smallest absolute Gasteiger partial charge is 0.313 e. The van der Waals surface area contributed by atoms with Gasteiger partial charge in [-0.3, -0.25) is 14.5 Å². The lowest BCUT2D eigenvalue weighted by atomic mass is 9.89. The van der Waals surface area contributed by atoms with Crippen LogP contribution in [0.15, 0.2) is 30.5 Å². The number of aromatic nitrogens is 2. The third-order valence-electron chi connectivity index (χ3n) is 7.22. The molecule has 9 nitrogen and oxygen atoms in total. The molecule has 2 aromatic heterocycles. The predicted octanol–water partition coefficient (Wildman–Crippen LogP) is 3.61. The number of carbonyl (C=O) groups excluding carboxylic acids is 2. The highest BCUT2D eigenvalue weighted by molar-refractivity contribution is 7.18. The number of nitrogens with zero attached hydrogens (tertiary/aromatic N) is 4. The van der Waals surface area contributed by atoms with Gasteiger partial charge in [0.15, 0.2) is 0 Å². The van der Waals surface area contributed by atoms with Crippen molar-refractivity contribution in [3.05, 3.63) is 46.6 Å². The zero-order chi connectivity index (χ0) is 25.9. The number of nitrogen functional groups attached to an aromatic ring is 1. The van der Waals surface area contributed by atoms with Gasteiger partial charge in [0, 0.05) is 19.6 Å². The first-order chi connectivity index (χ1) is 17.9. The fraction of sp³-hybridized carbons (Fsp3) is 0.481. The molecule has 1 aromatic carbocycles. The fourth-order valence-electron chi connectivity index (χ4n) is 5.13. The molecule has 37 heavy (non-hydrogen) atoms. The zero-order valence-electron chi connectivity index (χ0n) is 21.4. The Morgan fingerprint density at radius 1 is 1.22 bits per heavy atom. The van der Waals surface area contributed by atoms with Crippen LogP contribution >= 0.6 is 11.3 Å². The highest BCUT2D eigenvalue weighted by Crippen LogP contribution is 2.36. The minimum absolute atomic E-state index is 0.168. The summed E-state index contributed by atoms with van der Waals surface area (Å²) < 4.78 is 6.59. The van der Waals surface area contributed by atoms with E-state index in [-0.39, 0.29) is 6.04 Å². The Balaban J connectivity index is 1.34. The number of carbonyl (C=O) groups is 2. The second-order valence-corrected chi connectivity index (χ2v) is 11.1. The summed E-state index contributed by atoms with van der Waals surface area (Å²) in [5.41, 5.74) is 9.15. The summed E-state index contributed by atoms with van der Waals surface area (Å²) in [6.07, 6.45) is 3.98. The van der Waals surface area contributed by atoms with E-state index in [9.17, 15) is 9.59 Å². The van der Waals surface area contributed by atoms with Gasteiger partial charge in [-0.1, -0.05) is 19.9 Å². The van der Waals surface area contributed by atoms with Crippen LogP contribution < -0.4 is 11.1 Å². The highest BCUT2D eigenvalue weighted by atomic mass is 32.1. The molecule has 0 bridgehead atoms. The Kier molecular flexibility index (Phi) is 7.68. The average Bonchev–Trinajstić information content (AvgIpc) is 3.31. The maximum absolute atomic E-state index is 13.4. The Hall–Kier alpha value is -3.08. The molecule has 3 aromatic rings. The van der Waals surface area contributed by atoms with Crippen molar-refractivity contribution >= 4 is 44.9 Å². The lowest BCUT2D eigenvalue weighted by Gasteiger charge is -2.38. The van der Waals surface area contributed by atoms with Gasteiger partial charge < -0.3 is 20.7 Å². The maximum Gasteiger partial charge on any atom is 0.313 e. The number of benzene rings is 1. The van der Waals surface area contributed by atoms with E-state index in [1.54, 1.807) is 22.3 Å². The SMILES string of the molecule is CCc1cc(NC(=O)C(=O)N2C[C@@H](C)CC[C@@H]2c2ccc3sc(CN4CCOCC4)nc3c2)cnc1N. The summed E-state index contributed by atoms with van der Waals surface area (Å²) >= 11 is 1.71. The number of hydrogen-bond donors (Lipinski definition) is 2. The van der Waals surface area contributed by atoms with Crippen LogP contribution in [-0.4, -0.2) is 64.4 Å². The van der Waals surface area contributed by atoms with Crippen LogP contribution in [0.2, 0.25) is 0 Å². The first-order valence-corrected chi connectivity index (χ1v) is 13.8. The van der Waals surface area contributed by atoms with E-state index >= 15 is 0 Å². The summed E-state index contributed by atoms with van der Waals surface area (Å²) in [6.45, 7) is 8.82. The topological polar surface area (TPSA) is 114 Å². The number of amides is 2. The number of piperidine rings is 1. The molecule has 0 spiro atoms. The van der Waals surface area contributed by atoms with Crippen LogP contribution in [-0.2, 0) is 27.3 Å². The predicted molar refractivity (Wildman–Crippen MR) is 145 cm³/mol. The number of ether oxygens (including phenoxy) is 1. The number of anilines is 2. The van der Waals surface area contributed by atoms with Crippen LogP contribution in [0.25, 0.3) is 10.2 Å². The largest absolute Gasteiger partial charge is 0.383 e. The van der Waals surface area contributed by atoms with Crippen molar-refractivity contribution in [2.45, 2.75) is 45.7 Å². The Morgan fingerprint density at radius 3 is 2.81 bits per heavy atom. The fourth-order valence-corrected chi connectivity index (χ4v) is 6.12. The summed E-state index contributed by atoms with van der Waals surface area (Å²) in [7, 11) is 0. The normalized spacial score (nSPS) is 20.8. The monoisotopic (exact) mass is 522 g/mol. The van der Waals surface area contributed by atoms with E-state index in [4.69, 9.17) is 15.5 Å². The van der Waals surface area contributed by atoms with Gasteiger partial charge in [-0.05, 0) is 54.5 Å². The van der Waals surface area contributed by atoms with Gasteiger partial charge in [0.2, 0.25) is 0 Å². The van der Waals surface area contributed by atoms with E-state index in [0.29, 0.717) is 30.4 Å². The van der Waals surface area contributed by atoms with E-state index in [1.165, 1.54) is 6.20 Å². The molecule has 0 radical (unpaired) electrons. The molecule has 5 rings (SSSR count). The van der Waals surface area contributed by atoms with E-state index < -0.39 is 11.8 Å². The van der Waals surface area contributed by atoms with Crippen molar-refractivity contribution in [2.75, 3.05) is 43.9 Å². The van der Waals surface area contributed by atoms with Crippen molar-refractivity contribution in [2.24, 2.45) is 5.92 Å². The number of pyridine rings is 1. The van der Waals surface area contributed by atoms with Gasteiger partial charge in [0.1, 0.15) is 10.8 Å². The standard InChI is InChI=1S/C27H34N6O3S/c1-3-18-12-20(14-29-25(18)28)30-26(34)27(35)33-15-17(2)4-6-22(33)19-5-7-23-21(13-19)31-24(37-23)16-32-8-10-36-11-9-32/h5,7,12-14,17,22H,3-4,6,8-11,15-16H2,1-2H3,(H2,28,29)(H,30,34)/t17-,22+/m0/s1.